The van der Waals surface area contributed by atoms with Gasteiger partial charge in [-0.05, 0) is 42.7 Å². The van der Waals surface area contributed by atoms with Crippen LogP contribution >= 0.6 is 27.7 Å². The molecule has 3 rings (SSSR count). The average molecular weight is 398 g/mol. The molecule has 0 spiro atoms. The second-order valence-corrected chi connectivity index (χ2v) is 7.58. The number of anilines is 1. The maximum Gasteiger partial charge on any atom is 0.146 e. The van der Waals surface area contributed by atoms with Gasteiger partial charge in [0.05, 0.1) is 5.69 Å². The van der Waals surface area contributed by atoms with Gasteiger partial charge in [-0.3, -0.25) is 0 Å². The molecule has 1 aliphatic rings. The summed E-state index contributed by atoms with van der Waals surface area (Å²) in [5.74, 6) is -0.318. The van der Waals surface area contributed by atoms with Gasteiger partial charge in [-0.1, -0.05) is 34.1 Å². The van der Waals surface area contributed by atoms with E-state index in [0.29, 0.717) is 21.8 Å². The molecule has 0 saturated carbocycles. The first-order chi connectivity index (χ1) is 11.2. The maximum atomic E-state index is 13.8. The summed E-state index contributed by atoms with van der Waals surface area (Å²) in [6.07, 6.45) is 1.95. The second-order valence-electron chi connectivity index (χ2n) is 5.64. The molecule has 0 bridgehead atoms. The number of rotatable bonds is 4. The number of para-hydroxylation sites is 1. The fourth-order valence-corrected chi connectivity index (χ4v) is 4.43. The predicted octanol–water partition coefficient (Wildman–Crippen LogP) is 5.62. The van der Waals surface area contributed by atoms with Crippen molar-refractivity contribution < 1.29 is 8.78 Å². The summed E-state index contributed by atoms with van der Waals surface area (Å²) in [4.78, 5) is 3.07. The molecule has 1 saturated heterocycles. The Morgan fingerprint density at radius 1 is 1.04 bits per heavy atom. The molecule has 0 N–H and O–H groups in total. The van der Waals surface area contributed by atoms with Gasteiger partial charge in [0, 0.05) is 28.6 Å². The number of hydrogen-bond donors (Lipinski definition) is 0. The molecular formula is C18H18BrF2NS. The van der Waals surface area contributed by atoms with Crippen LogP contribution < -0.4 is 4.90 Å². The zero-order chi connectivity index (χ0) is 16.2. The van der Waals surface area contributed by atoms with Crippen molar-refractivity contribution in [2.45, 2.75) is 28.3 Å². The molecule has 0 aromatic heterocycles. The molecule has 1 aliphatic heterocycles. The predicted molar refractivity (Wildman–Crippen MR) is 96.5 cm³/mol. The van der Waals surface area contributed by atoms with Gasteiger partial charge < -0.3 is 4.90 Å². The lowest BCUT2D eigenvalue weighted by atomic mass is 10.1. The molecule has 0 unspecified atom stereocenters. The number of halogens is 3. The van der Waals surface area contributed by atoms with Crippen LogP contribution in [0.5, 0.6) is 0 Å². The summed E-state index contributed by atoms with van der Waals surface area (Å²) in [6.45, 7) is 1.67. The monoisotopic (exact) mass is 397 g/mol. The van der Waals surface area contributed by atoms with Crippen molar-refractivity contribution in [1.82, 2.24) is 0 Å². The van der Waals surface area contributed by atoms with Gasteiger partial charge in [0.1, 0.15) is 11.6 Å². The summed E-state index contributed by atoms with van der Waals surface area (Å²) < 4.78 is 27.7. The number of benzene rings is 2. The van der Waals surface area contributed by atoms with Crippen LogP contribution in [0.2, 0.25) is 0 Å². The van der Waals surface area contributed by atoms with Crippen molar-refractivity contribution in [2.75, 3.05) is 18.0 Å². The number of thioether (sulfide) groups is 1. The molecule has 1 fully saturated rings. The third-order valence-corrected chi connectivity index (χ3v) is 6.04. The Kier molecular flexibility index (Phi) is 5.59. The number of alkyl halides is 1. The smallest absolute Gasteiger partial charge is 0.146 e. The highest BCUT2D eigenvalue weighted by atomic mass is 79.9. The van der Waals surface area contributed by atoms with Gasteiger partial charge in [-0.2, -0.15) is 0 Å². The van der Waals surface area contributed by atoms with E-state index >= 15 is 0 Å². The lowest BCUT2D eigenvalue weighted by Crippen LogP contribution is -2.35. The van der Waals surface area contributed by atoms with Gasteiger partial charge in [0.15, 0.2) is 0 Å². The van der Waals surface area contributed by atoms with Crippen molar-refractivity contribution in [3.63, 3.8) is 0 Å². The quantitative estimate of drug-likeness (QED) is 0.615. The van der Waals surface area contributed by atoms with E-state index in [1.54, 1.807) is 23.9 Å². The van der Waals surface area contributed by atoms with Crippen LogP contribution in [0.25, 0.3) is 0 Å². The molecule has 0 amide bonds. The minimum absolute atomic E-state index is 0.157. The maximum absolute atomic E-state index is 13.8. The number of piperidine rings is 1. The minimum atomic E-state index is -0.161. The Morgan fingerprint density at radius 2 is 1.78 bits per heavy atom. The average Bonchev–Trinajstić information content (AvgIpc) is 2.56. The number of hydrogen-bond acceptors (Lipinski definition) is 2. The van der Waals surface area contributed by atoms with E-state index in [-0.39, 0.29) is 11.6 Å². The first kappa shape index (κ1) is 16.8. The molecule has 2 aromatic carbocycles. The molecule has 2 aromatic rings. The molecule has 23 heavy (non-hydrogen) atoms. The zero-order valence-corrected chi connectivity index (χ0v) is 15.0. The van der Waals surface area contributed by atoms with E-state index in [2.05, 4.69) is 20.8 Å². The van der Waals surface area contributed by atoms with Crippen LogP contribution in [0.3, 0.4) is 0 Å². The summed E-state index contributed by atoms with van der Waals surface area (Å²) in [6, 6.07) is 12.3. The summed E-state index contributed by atoms with van der Waals surface area (Å²) in [5, 5.41) is 0.984. The highest BCUT2D eigenvalue weighted by molar-refractivity contribution is 9.08. The standard InChI is InChI=1S/C18H18BrF2NS/c19-12-13-5-6-15(11-17(13)21)23-14-7-9-22(10-8-14)18-4-2-1-3-16(18)20/h1-6,11,14H,7-10,12H2. The summed E-state index contributed by atoms with van der Waals surface area (Å²) in [7, 11) is 0. The van der Waals surface area contributed by atoms with Gasteiger partial charge in [0.2, 0.25) is 0 Å². The van der Waals surface area contributed by atoms with Crippen molar-refractivity contribution in [1.29, 1.82) is 0 Å². The first-order valence-corrected chi connectivity index (χ1v) is 9.68. The topological polar surface area (TPSA) is 3.24 Å². The second kappa shape index (κ2) is 7.67. The van der Waals surface area contributed by atoms with Crippen molar-refractivity contribution in [3.05, 3.63) is 59.7 Å². The van der Waals surface area contributed by atoms with E-state index in [0.717, 1.165) is 30.8 Å². The molecule has 122 valence electrons. The first-order valence-electron chi connectivity index (χ1n) is 7.68. The van der Waals surface area contributed by atoms with Crippen LogP contribution in [0.4, 0.5) is 14.5 Å². The molecule has 1 heterocycles. The highest BCUT2D eigenvalue weighted by Gasteiger charge is 2.22. The Hall–Kier alpha value is -1.07. The van der Waals surface area contributed by atoms with Gasteiger partial charge in [0.25, 0.3) is 0 Å². The van der Waals surface area contributed by atoms with Crippen molar-refractivity contribution in [3.8, 4) is 0 Å². The van der Waals surface area contributed by atoms with E-state index in [1.165, 1.54) is 6.07 Å². The van der Waals surface area contributed by atoms with E-state index in [1.807, 2.05) is 24.3 Å². The summed E-state index contributed by atoms with van der Waals surface area (Å²) >= 11 is 5.01. The SMILES string of the molecule is Fc1cc(SC2CCN(c3ccccc3F)CC2)ccc1CBr. The van der Waals surface area contributed by atoms with Gasteiger partial charge >= 0.3 is 0 Å². The van der Waals surface area contributed by atoms with E-state index < -0.39 is 0 Å². The molecule has 5 heteroatoms. The molecular weight excluding hydrogens is 380 g/mol. The lowest BCUT2D eigenvalue weighted by molar-refractivity contribution is 0.565. The van der Waals surface area contributed by atoms with E-state index in [9.17, 15) is 8.78 Å². The fraction of sp³-hybridized carbons (Fsp3) is 0.333. The Balaban J connectivity index is 1.59. The van der Waals surface area contributed by atoms with E-state index in [4.69, 9.17) is 0 Å². The van der Waals surface area contributed by atoms with Crippen LogP contribution in [0.1, 0.15) is 18.4 Å². The van der Waals surface area contributed by atoms with Crippen LogP contribution in [0, 0.1) is 11.6 Å². The third-order valence-electron chi connectivity index (χ3n) is 4.11. The largest absolute Gasteiger partial charge is 0.369 e. The Bertz CT molecular complexity index is 672. The number of nitrogens with zero attached hydrogens (tertiary/aromatic N) is 1. The van der Waals surface area contributed by atoms with Gasteiger partial charge in [-0.25, -0.2) is 8.78 Å². The van der Waals surface area contributed by atoms with Crippen LogP contribution in [0.15, 0.2) is 47.4 Å². The molecule has 0 radical (unpaired) electrons. The third kappa shape index (κ3) is 4.07. The molecule has 0 atom stereocenters. The Morgan fingerprint density at radius 3 is 2.43 bits per heavy atom. The van der Waals surface area contributed by atoms with Crippen molar-refractivity contribution >= 4 is 33.4 Å². The van der Waals surface area contributed by atoms with Crippen LogP contribution in [-0.2, 0) is 5.33 Å². The minimum Gasteiger partial charge on any atom is -0.369 e. The zero-order valence-electron chi connectivity index (χ0n) is 12.6. The van der Waals surface area contributed by atoms with Gasteiger partial charge in [-0.15, -0.1) is 11.8 Å². The summed E-state index contributed by atoms with van der Waals surface area (Å²) in [5.41, 5.74) is 1.37. The Labute approximate surface area is 148 Å². The van der Waals surface area contributed by atoms with Crippen LogP contribution in [-0.4, -0.2) is 18.3 Å². The normalized spacial score (nSPS) is 15.9. The van der Waals surface area contributed by atoms with Crippen molar-refractivity contribution in [2.24, 2.45) is 0 Å². The highest BCUT2D eigenvalue weighted by Crippen LogP contribution is 2.33. The molecule has 1 nitrogen and oxygen atoms in total. The lowest BCUT2D eigenvalue weighted by Gasteiger charge is -2.33. The fourth-order valence-electron chi connectivity index (χ4n) is 2.82. The molecule has 0 aliphatic carbocycles.